The van der Waals surface area contributed by atoms with Crippen LogP contribution in [0.2, 0.25) is 0 Å². The molecule has 0 spiro atoms. The molecule has 0 radical (unpaired) electrons. The van der Waals surface area contributed by atoms with Crippen LogP contribution >= 0.6 is 0 Å². The summed E-state index contributed by atoms with van der Waals surface area (Å²) in [4.78, 5) is 23.4. The van der Waals surface area contributed by atoms with Crippen molar-refractivity contribution in [1.82, 2.24) is 4.57 Å². The van der Waals surface area contributed by atoms with Crippen LogP contribution in [0.25, 0.3) is 0 Å². The maximum absolute atomic E-state index is 13.1. The van der Waals surface area contributed by atoms with Crippen molar-refractivity contribution in [3.05, 3.63) is 63.8 Å². The predicted molar refractivity (Wildman–Crippen MR) is 75.2 cm³/mol. The molecule has 20 heavy (non-hydrogen) atoms. The first kappa shape index (κ1) is 14.0. The van der Waals surface area contributed by atoms with Crippen LogP contribution in [-0.4, -0.2) is 10.5 Å². The quantitative estimate of drug-likeness (QED) is 0.933. The highest BCUT2D eigenvalue weighted by Gasteiger charge is 2.08. The number of hydrogen-bond donors (Lipinski definition) is 1. The van der Waals surface area contributed by atoms with Crippen LogP contribution in [0.15, 0.2) is 41.3 Å². The summed E-state index contributed by atoms with van der Waals surface area (Å²) >= 11 is 0. The zero-order valence-corrected chi connectivity index (χ0v) is 11.3. The molecule has 0 aliphatic rings. The first-order valence-corrected chi connectivity index (χ1v) is 6.19. The highest BCUT2D eigenvalue weighted by Crippen LogP contribution is 2.17. The van der Waals surface area contributed by atoms with E-state index in [2.05, 4.69) is 5.32 Å². The van der Waals surface area contributed by atoms with Gasteiger partial charge in [-0.15, -0.1) is 0 Å². The number of aryl methyl sites for hydroxylation is 1. The van der Waals surface area contributed by atoms with E-state index in [1.807, 2.05) is 26.0 Å². The molecule has 1 aromatic heterocycles. The fourth-order valence-electron chi connectivity index (χ4n) is 1.86. The summed E-state index contributed by atoms with van der Waals surface area (Å²) in [6.45, 7) is 3.63. The van der Waals surface area contributed by atoms with Crippen LogP contribution in [0, 0.1) is 19.7 Å². The molecule has 0 atom stereocenters. The monoisotopic (exact) mass is 274 g/mol. The van der Waals surface area contributed by atoms with Crippen LogP contribution in [0.1, 0.15) is 11.1 Å². The Kier molecular flexibility index (Phi) is 3.98. The Morgan fingerprint density at radius 2 is 2.00 bits per heavy atom. The van der Waals surface area contributed by atoms with Crippen LogP contribution in [0.4, 0.5) is 10.1 Å². The second kappa shape index (κ2) is 5.69. The molecular formula is C15H15FN2O2. The fraction of sp³-hybridized carbons (Fsp3) is 0.200. The molecule has 1 N–H and O–H groups in total. The zero-order chi connectivity index (χ0) is 14.7. The average Bonchev–Trinajstić information content (AvgIpc) is 2.39. The van der Waals surface area contributed by atoms with E-state index in [-0.39, 0.29) is 12.5 Å². The minimum absolute atomic E-state index is 0.218. The molecule has 4 nitrogen and oxygen atoms in total. The normalized spacial score (nSPS) is 10.3. The van der Waals surface area contributed by atoms with Gasteiger partial charge >= 0.3 is 0 Å². The maximum atomic E-state index is 13.1. The number of carbonyl (C=O) groups is 1. The second-order valence-electron chi connectivity index (χ2n) is 4.61. The van der Waals surface area contributed by atoms with E-state index in [0.29, 0.717) is 5.69 Å². The van der Waals surface area contributed by atoms with Crippen molar-refractivity contribution in [2.75, 3.05) is 5.32 Å². The molecule has 1 heterocycles. The third kappa shape index (κ3) is 3.12. The van der Waals surface area contributed by atoms with Crippen LogP contribution < -0.4 is 10.9 Å². The number of aromatic nitrogens is 1. The third-order valence-corrected chi connectivity index (χ3v) is 3.14. The summed E-state index contributed by atoms with van der Waals surface area (Å²) < 4.78 is 14.1. The number of pyridine rings is 1. The number of hydrogen-bond acceptors (Lipinski definition) is 2. The molecule has 2 rings (SSSR count). The van der Waals surface area contributed by atoms with Gasteiger partial charge in [0, 0.05) is 18.0 Å². The smallest absolute Gasteiger partial charge is 0.251 e. The minimum Gasteiger partial charge on any atom is -0.324 e. The minimum atomic E-state index is -0.552. The molecule has 1 aromatic carbocycles. The topological polar surface area (TPSA) is 51.1 Å². The number of anilines is 1. The number of benzene rings is 1. The van der Waals surface area contributed by atoms with Crippen LogP contribution in [-0.2, 0) is 11.3 Å². The lowest BCUT2D eigenvalue weighted by molar-refractivity contribution is -0.116. The lowest BCUT2D eigenvalue weighted by Gasteiger charge is -2.11. The Morgan fingerprint density at radius 1 is 1.25 bits per heavy atom. The van der Waals surface area contributed by atoms with Crippen LogP contribution in [0.3, 0.4) is 0 Å². The molecule has 0 aliphatic carbocycles. The molecule has 5 heteroatoms. The Balaban J connectivity index is 2.15. The van der Waals surface area contributed by atoms with Gasteiger partial charge in [-0.3, -0.25) is 9.59 Å². The van der Waals surface area contributed by atoms with E-state index in [0.717, 1.165) is 34.0 Å². The number of carbonyl (C=O) groups excluding carboxylic acids is 1. The second-order valence-corrected chi connectivity index (χ2v) is 4.61. The van der Waals surface area contributed by atoms with E-state index in [1.165, 1.54) is 0 Å². The molecule has 0 saturated carbocycles. The number of amides is 1. The van der Waals surface area contributed by atoms with Gasteiger partial charge in [-0.1, -0.05) is 12.1 Å². The highest BCUT2D eigenvalue weighted by molar-refractivity contribution is 5.91. The maximum Gasteiger partial charge on any atom is 0.251 e. The first-order valence-electron chi connectivity index (χ1n) is 6.19. The molecule has 0 bridgehead atoms. The van der Waals surface area contributed by atoms with Crippen molar-refractivity contribution in [3.63, 3.8) is 0 Å². The lowest BCUT2D eigenvalue weighted by Crippen LogP contribution is -2.27. The summed E-state index contributed by atoms with van der Waals surface area (Å²) in [5.41, 5.74) is 2.31. The van der Waals surface area contributed by atoms with Crippen LogP contribution in [0.5, 0.6) is 0 Å². The predicted octanol–water partition coefficient (Wildman–Crippen LogP) is 2.24. The van der Waals surface area contributed by atoms with Gasteiger partial charge in [-0.2, -0.15) is 0 Å². The molecule has 0 fully saturated rings. The van der Waals surface area contributed by atoms with Crippen molar-refractivity contribution >= 4 is 11.6 Å². The summed E-state index contributed by atoms with van der Waals surface area (Å²) in [7, 11) is 0. The summed E-state index contributed by atoms with van der Waals surface area (Å²) in [6.07, 6.45) is 1.02. The zero-order valence-electron chi connectivity index (χ0n) is 11.3. The van der Waals surface area contributed by atoms with Gasteiger partial charge in [0.1, 0.15) is 12.4 Å². The Morgan fingerprint density at radius 3 is 2.75 bits per heavy atom. The molecule has 0 unspecified atom stereocenters. The standard InChI is InChI=1S/C15H15FN2O2/c1-10-4-3-5-13(11(10)2)17-14(19)9-18-8-12(16)6-7-15(18)20/h3-8H,9H2,1-2H3,(H,17,19). The molecule has 2 aromatic rings. The van der Waals surface area contributed by atoms with Crippen molar-refractivity contribution in [3.8, 4) is 0 Å². The van der Waals surface area contributed by atoms with Gasteiger partial charge in [-0.05, 0) is 37.1 Å². The molecule has 0 aliphatic heterocycles. The summed E-state index contributed by atoms with van der Waals surface area (Å²) in [5.74, 6) is -0.921. The number of halogens is 1. The lowest BCUT2D eigenvalue weighted by atomic mass is 10.1. The van der Waals surface area contributed by atoms with E-state index < -0.39 is 11.4 Å². The fourth-order valence-corrected chi connectivity index (χ4v) is 1.86. The Hall–Kier alpha value is -2.43. The average molecular weight is 274 g/mol. The van der Waals surface area contributed by atoms with Crippen molar-refractivity contribution in [1.29, 1.82) is 0 Å². The number of rotatable bonds is 3. The molecular weight excluding hydrogens is 259 g/mol. The summed E-state index contributed by atoms with van der Waals surface area (Å²) in [6, 6.07) is 7.74. The summed E-state index contributed by atoms with van der Waals surface area (Å²) in [5, 5.41) is 2.73. The largest absolute Gasteiger partial charge is 0.324 e. The van der Waals surface area contributed by atoms with Crippen molar-refractivity contribution < 1.29 is 9.18 Å². The Labute approximate surface area is 115 Å². The van der Waals surface area contributed by atoms with Gasteiger partial charge < -0.3 is 9.88 Å². The van der Waals surface area contributed by atoms with Gasteiger partial charge in [-0.25, -0.2) is 4.39 Å². The van der Waals surface area contributed by atoms with Gasteiger partial charge in [0.15, 0.2) is 0 Å². The van der Waals surface area contributed by atoms with E-state index in [9.17, 15) is 14.0 Å². The van der Waals surface area contributed by atoms with E-state index in [4.69, 9.17) is 0 Å². The van der Waals surface area contributed by atoms with Gasteiger partial charge in [0.2, 0.25) is 5.91 Å². The van der Waals surface area contributed by atoms with Crippen molar-refractivity contribution in [2.45, 2.75) is 20.4 Å². The number of nitrogens with zero attached hydrogens (tertiary/aromatic N) is 1. The van der Waals surface area contributed by atoms with E-state index >= 15 is 0 Å². The SMILES string of the molecule is Cc1cccc(NC(=O)Cn2cc(F)ccc2=O)c1C. The molecule has 0 saturated heterocycles. The Bertz CT molecular complexity index is 707. The van der Waals surface area contributed by atoms with Gasteiger partial charge in [0.25, 0.3) is 5.56 Å². The third-order valence-electron chi connectivity index (χ3n) is 3.14. The van der Waals surface area contributed by atoms with E-state index in [1.54, 1.807) is 6.07 Å². The molecule has 1 amide bonds. The number of nitrogens with one attached hydrogen (secondary N) is 1. The van der Waals surface area contributed by atoms with Crippen molar-refractivity contribution in [2.24, 2.45) is 0 Å². The first-order chi connectivity index (χ1) is 9.47. The van der Waals surface area contributed by atoms with Gasteiger partial charge in [0.05, 0.1) is 0 Å². The highest BCUT2D eigenvalue weighted by atomic mass is 19.1. The molecule has 104 valence electrons.